The molecule has 0 bridgehead atoms. The van der Waals surface area contributed by atoms with Gasteiger partial charge >= 0.3 is 5.97 Å². The lowest BCUT2D eigenvalue weighted by Gasteiger charge is -2.12. The van der Waals surface area contributed by atoms with Gasteiger partial charge in [-0.25, -0.2) is 9.48 Å². The standard InChI is InChI=1S/C19H22N4O4S/c1-6-12-13(8-20)18(25)23(22-14(12)7-2)9-15(24)21-17-16(19(26)27-5)10(3)11(4)28-17/h6-7,9H2,1-5H3,(H,21,24). The summed E-state index contributed by atoms with van der Waals surface area (Å²) in [6.45, 7) is 6.97. The Morgan fingerprint density at radius 3 is 2.50 bits per heavy atom. The van der Waals surface area contributed by atoms with Crippen molar-refractivity contribution in [3.8, 4) is 6.07 Å². The van der Waals surface area contributed by atoms with Crippen LogP contribution in [0.2, 0.25) is 0 Å². The lowest BCUT2D eigenvalue weighted by Crippen LogP contribution is -2.33. The summed E-state index contributed by atoms with van der Waals surface area (Å²) >= 11 is 1.26. The maximum Gasteiger partial charge on any atom is 0.341 e. The maximum absolute atomic E-state index is 12.5. The van der Waals surface area contributed by atoms with E-state index in [4.69, 9.17) is 4.74 Å². The number of methoxy groups -OCH3 is 1. The van der Waals surface area contributed by atoms with Crippen molar-refractivity contribution in [3.63, 3.8) is 0 Å². The number of nitriles is 1. The van der Waals surface area contributed by atoms with E-state index in [1.165, 1.54) is 18.4 Å². The first-order valence-corrected chi connectivity index (χ1v) is 9.61. The summed E-state index contributed by atoms with van der Waals surface area (Å²) in [6, 6.07) is 1.93. The fourth-order valence-electron chi connectivity index (χ4n) is 2.91. The molecule has 0 aliphatic carbocycles. The molecule has 0 fully saturated rings. The van der Waals surface area contributed by atoms with E-state index in [0.717, 1.165) is 15.1 Å². The highest BCUT2D eigenvalue weighted by Gasteiger charge is 2.22. The second-order valence-electron chi connectivity index (χ2n) is 6.11. The van der Waals surface area contributed by atoms with Crippen LogP contribution >= 0.6 is 11.3 Å². The summed E-state index contributed by atoms with van der Waals surface area (Å²) in [5, 5.41) is 16.6. The van der Waals surface area contributed by atoms with E-state index in [-0.39, 0.29) is 12.1 Å². The van der Waals surface area contributed by atoms with Crippen molar-refractivity contribution in [2.45, 2.75) is 47.1 Å². The summed E-state index contributed by atoms with van der Waals surface area (Å²) < 4.78 is 5.79. The number of ether oxygens (including phenoxy) is 1. The van der Waals surface area contributed by atoms with Crippen LogP contribution in [0.15, 0.2) is 4.79 Å². The van der Waals surface area contributed by atoms with Gasteiger partial charge in [0.1, 0.15) is 23.2 Å². The minimum absolute atomic E-state index is 0.0141. The van der Waals surface area contributed by atoms with Crippen LogP contribution in [0.25, 0.3) is 0 Å². The van der Waals surface area contributed by atoms with Gasteiger partial charge in [-0.15, -0.1) is 11.3 Å². The molecular weight excluding hydrogens is 380 g/mol. The molecule has 148 valence electrons. The molecule has 28 heavy (non-hydrogen) atoms. The molecule has 2 aromatic rings. The average molecular weight is 402 g/mol. The first-order chi connectivity index (χ1) is 13.3. The van der Waals surface area contributed by atoms with Gasteiger partial charge in [-0.1, -0.05) is 13.8 Å². The Kier molecular flexibility index (Phi) is 6.70. The fraction of sp³-hybridized carbons (Fsp3) is 0.421. The molecule has 2 aromatic heterocycles. The summed E-state index contributed by atoms with van der Waals surface area (Å²) in [7, 11) is 1.27. The van der Waals surface area contributed by atoms with Crippen molar-refractivity contribution in [2.75, 3.05) is 12.4 Å². The average Bonchev–Trinajstić information content (AvgIpc) is 2.95. The van der Waals surface area contributed by atoms with Gasteiger partial charge in [0.15, 0.2) is 0 Å². The lowest BCUT2D eigenvalue weighted by atomic mass is 10.0. The molecule has 1 N–H and O–H groups in total. The number of carbonyl (C=O) groups excluding carboxylic acids is 2. The maximum atomic E-state index is 12.5. The molecule has 0 unspecified atom stereocenters. The minimum Gasteiger partial charge on any atom is -0.465 e. The van der Waals surface area contributed by atoms with Crippen LogP contribution in [0.3, 0.4) is 0 Å². The van der Waals surface area contributed by atoms with Crippen LogP contribution < -0.4 is 10.9 Å². The van der Waals surface area contributed by atoms with Crippen molar-refractivity contribution in [2.24, 2.45) is 0 Å². The topological polar surface area (TPSA) is 114 Å². The van der Waals surface area contributed by atoms with Crippen LogP contribution in [0, 0.1) is 25.2 Å². The van der Waals surface area contributed by atoms with Crippen molar-refractivity contribution in [1.29, 1.82) is 5.26 Å². The van der Waals surface area contributed by atoms with Gasteiger partial charge in [0.2, 0.25) is 5.91 Å². The van der Waals surface area contributed by atoms with E-state index in [1.807, 2.05) is 26.8 Å². The van der Waals surface area contributed by atoms with Crippen LogP contribution in [0.5, 0.6) is 0 Å². The smallest absolute Gasteiger partial charge is 0.341 e. The molecule has 0 aromatic carbocycles. The summed E-state index contributed by atoms with van der Waals surface area (Å²) in [4.78, 5) is 38.0. The number of nitrogens with zero attached hydrogens (tertiary/aromatic N) is 3. The normalized spacial score (nSPS) is 10.4. The van der Waals surface area contributed by atoms with E-state index >= 15 is 0 Å². The van der Waals surface area contributed by atoms with Crippen molar-refractivity contribution in [1.82, 2.24) is 9.78 Å². The Hall–Kier alpha value is -2.99. The fourth-order valence-corrected chi connectivity index (χ4v) is 3.97. The van der Waals surface area contributed by atoms with E-state index in [0.29, 0.717) is 34.7 Å². The molecule has 0 saturated carbocycles. The number of hydrogen-bond donors (Lipinski definition) is 1. The number of thiophene rings is 1. The summed E-state index contributed by atoms with van der Waals surface area (Å²) in [6.07, 6.45) is 1.05. The second-order valence-corrected chi connectivity index (χ2v) is 7.33. The highest BCUT2D eigenvalue weighted by molar-refractivity contribution is 7.16. The third-order valence-corrected chi connectivity index (χ3v) is 5.58. The molecule has 9 heteroatoms. The minimum atomic E-state index is -0.599. The Labute approximate surface area is 166 Å². The SMILES string of the molecule is CCc1nn(CC(=O)Nc2sc(C)c(C)c2C(=O)OC)c(=O)c(C#N)c1CC. The molecular formula is C19H22N4O4S. The van der Waals surface area contributed by atoms with Gasteiger partial charge in [-0.05, 0) is 37.8 Å². The molecule has 0 radical (unpaired) electrons. The molecule has 2 rings (SSSR count). The van der Waals surface area contributed by atoms with Crippen LogP contribution in [-0.4, -0.2) is 28.8 Å². The number of nitrogens with one attached hydrogen (secondary N) is 1. The summed E-state index contributed by atoms with van der Waals surface area (Å²) in [5.74, 6) is -1.06. The zero-order chi connectivity index (χ0) is 21.0. The van der Waals surface area contributed by atoms with Crippen molar-refractivity contribution < 1.29 is 14.3 Å². The monoisotopic (exact) mass is 402 g/mol. The number of hydrogen-bond acceptors (Lipinski definition) is 7. The number of rotatable bonds is 6. The second kappa shape index (κ2) is 8.80. The molecule has 1 amide bonds. The highest BCUT2D eigenvalue weighted by Crippen LogP contribution is 2.32. The third kappa shape index (κ3) is 3.97. The van der Waals surface area contributed by atoms with Crippen molar-refractivity contribution >= 4 is 28.2 Å². The van der Waals surface area contributed by atoms with Gasteiger partial charge < -0.3 is 10.1 Å². The third-order valence-electron chi connectivity index (χ3n) is 4.46. The van der Waals surface area contributed by atoms with E-state index in [9.17, 15) is 19.6 Å². The van der Waals surface area contributed by atoms with Gasteiger partial charge in [-0.3, -0.25) is 9.59 Å². The Bertz CT molecular complexity index is 1030. The Balaban J connectivity index is 2.38. The predicted molar refractivity (Wildman–Crippen MR) is 106 cm³/mol. The largest absolute Gasteiger partial charge is 0.465 e. The molecule has 2 heterocycles. The molecule has 0 aliphatic heterocycles. The first-order valence-electron chi connectivity index (χ1n) is 8.79. The number of aryl methyl sites for hydroxylation is 2. The Morgan fingerprint density at radius 1 is 1.29 bits per heavy atom. The van der Waals surface area contributed by atoms with Gasteiger partial charge in [0, 0.05) is 4.88 Å². The quantitative estimate of drug-likeness (QED) is 0.742. The highest BCUT2D eigenvalue weighted by atomic mass is 32.1. The predicted octanol–water partition coefficient (Wildman–Crippen LogP) is 2.34. The van der Waals surface area contributed by atoms with Gasteiger partial charge in [0.05, 0.1) is 18.4 Å². The molecule has 0 saturated heterocycles. The lowest BCUT2D eigenvalue weighted by molar-refractivity contribution is -0.117. The van der Waals surface area contributed by atoms with Crippen LogP contribution in [0.1, 0.15) is 51.5 Å². The zero-order valence-corrected chi connectivity index (χ0v) is 17.3. The van der Waals surface area contributed by atoms with Crippen LogP contribution in [-0.2, 0) is 28.9 Å². The number of amides is 1. The summed E-state index contributed by atoms with van der Waals surface area (Å²) in [5.41, 5.74) is 1.68. The zero-order valence-electron chi connectivity index (χ0n) is 16.5. The van der Waals surface area contributed by atoms with Gasteiger partial charge in [-0.2, -0.15) is 10.4 Å². The molecule has 0 atom stereocenters. The first kappa shape index (κ1) is 21.3. The number of carbonyl (C=O) groups is 2. The Morgan fingerprint density at radius 2 is 1.96 bits per heavy atom. The van der Waals surface area contributed by atoms with E-state index in [1.54, 1.807) is 6.92 Å². The van der Waals surface area contributed by atoms with Crippen LogP contribution in [0.4, 0.5) is 5.00 Å². The number of esters is 1. The number of aromatic nitrogens is 2. The number of anilines is 1. The molecule has 8 nitrogen and oxygen atoms in total. The molecule has 0 spiro atoms. The van der Waals surface area contributed by atoms with Gasteiger partial charge in [0.25, 0.3) is 5.56 Å². The van der Waals surface area contributed by atoms with E-state index in [2.05, 4.69) is 10.4 Å². The molecule has 0 aliphatic rings. The van der Waals surface area contributed by atoms with Crippen molar-refractivity contribution in [3.05, 3.63) is 43.2 Å². The van der Waals surface area contributed by atoms with E-state index < -0.39 is 17.4 Å².